The quantitative estimate of drug-likeness (QED) is 0.515. The van der Waals surface area contributed by atoms with Crippen LogP contribution in [0.25, 0.3) is 10.8 Å². The molecular weight excluding hydrogens is 300 g/mol. The maximum absolute atomic E-state index is 11.6. The number of carbonyl (C=O) groups is 1. The number of unbranched alkanes of at least 4 members (excludes halogenated alkanes) is 1. The van der Waals surface area contributed by atoms with Gasteiger partial charge >= 0.3 is 5.97 Å². The third-order valence-corrected chi connectivity index (χ3v) is 4.46. The Morgan fingerprint density at radius 2 is 1.67 bits per heavy atom. The Labute approximate surface area is 145 Å². The number of aryl methyl sites for hydroxylation is 1. The number of benzene rings is 2. The molecule has 0 fully saturated rings. The molecule has 0 heterocycles. The van der Waals surface area contributed by atoms with Gasteiger partial charge < -0.3 is 9.47 Å². The first-order chi connectivity index (χ1) is 11.6. The molecule has 0 aliphatic rings. The molecule has 0 amide bonds. The summed E-state index contributed by atoms with van der Waals surface area (Å²) < 4.78 is 11.4. The first-order valence-electron chi connectivity index (χ1n) is 8.89. The van der Waals surface area contributed by atoms with Gasteiger partial charge in [-0.3, -0.25) is 4.79 Å². The zero-order chi connectivity index (χ0) is 17.7. The van der Waals surface area contributed by atoms with Crippen LogP contribution in [-0.2, 0) is 24.1 Å². The standard InChI is InChI=1S/C21H28O3/c1-6-9-10-15-11-12-18-19(13-15)20(23-5)16(7-2)17(8-3)21(18)24-14(4)22/h11-13H,6-10H2,1-5H3. The van der Waals surface area contributed by atoms with E-state index in [-0.39, 0.29) is 5.97 Å². The zero-order valence-electron chi connectivity index (χ0n) is 15.5. The number of methoxy groups -OCH3 is 1. The molecule has 0 N–H and O–H groups in total. The second-order valence-electron chi connectivity index (χ2n) is 6.10. The third kappa shape index (κ3) is 3.55. The fourth-order valence-electron chi connectivity index (χ4n) is 3.35. The van der Waals surface area contributed by atoms with Crippen LogP contribution in [0.3, 0.4) is 0 Å². The Kier molecular flexibility index (Phi) is 6.24. The molecule has 130 valence electrons. The largest absolute Gasteiger partial charge is 0.496 e. The lowest BCUT2D eigenvalue weighted by Crippen LogP contribution is -2.08. The number of esters is 1. The highest BCUT2D eigenvalue weighted by molar-refractivity contribution is 5.97. The van der Waals surface area contributed by atoms with Crippen LogP contribution in [0.4, 0.5) is 0 Å². The van der Waals surface area contributed by atoms with E-state index in [0.29, 0.717) is 5.75 Å². The molecule has 2 aromatic rings. The smallest absolute Gasteiger partial charge is 0.308 e. The Morgan fingerprint density at radius 3 is 2.21 bits per heavy atom. The highest BCUT2D eigenvalue weighted by Crippen LogP contribution is 2.42. The van der Waals surface area contributed by atoms with Gasteiger partial charge in [0, 0.05) is 28.8 Å². The van der Waals surface area contributed by atoms with E-state index in [2.05, 4.69) is 39.0 Å². The molecule has 0 aromatic heterocycles. The Morgan fingerprint density at radius 1 is 1.00 bits per heavy atom. The molecular formula is C21H28O3. The van der Waals surface area contributed by atoms with Crippen LogP contribution in [-0.4, -0.2) is 13.1 Å². The summed E-state index contributed by atoms with van der Waals surface area (Å²) in [5, 5.41) is 1.99. The molecule has 2 rings (SSSR count). The van der Waals surface area contributed by atoms with Crippen molar-refractivity contribution in [3.63, 3.8) is 0 Å². The number of hydrogen-bond acceptors (Lipinski definition) is 3. The maximum Gasteiger partial charge on any atom is 0.308 e. The average molecular weight is 328 g/mol. The first kappa shape index (κ1) is 18.3. The Balaban J connectivity index is 2.78. The molecule has 0 saturated heterocycles. The topological polar surface area (TPSA) is 35.5 Å². The number of fused-ring (bicyclic) bond motifs is 1. The van der Waals surface area contributed by atoms with E-state index in [0.717, 1.165) is 53.3 Å². The van der Waals surface area contributed by atoms with Crippen molar-refractivity contribution >= 4 is 16.7 Å². The minimum Gasteiger partial charge on any atom is -0.496 e. The summed E-state index contributed by atoms with van der Waals surface area (Å²) in [6.45, 7) is 7.85. The van der Waals surface area contributed by atoms with Gasteiger partial charge in [0.25, 0.3) is 0 Å². The summed E-state index contributed by atoms with van der Waals surface area (Å²) in [7, 11) is 1.72. The van der Waals surface area contributed by atoms with Gasteiger partial charge in [-0.15, -0.1) is 0 Å². The second kappa shape index (κ2) is 8.18. The molecule has 0 bridgehead atoms. The van der Waals surface area contributed by atoms with Gasteiger partial charge in [-0.25, -0.2) is 0 Å². The SMILES string of the molecule is CCCCc1ccc2c(OC(C)=O)c(CC)c(CC)c(OC)c2c1. The van der Waals surface area contributed by atoms with Crippen LogP contribution >= 0.6 is 0 Å². The van der Waals surface area contributed by atoms with E-state index in [1.807, 2.05) is 0 Å². The van der Waals surface area contributed by atoms with Crippen molar-refractivity contribution in [1.29, 1.82) is 0 Å². The van der Waals surface area contributed by atoms with Crippen molar-refractivity contribution < 1.29 is 14.3 Å². The molecule has 0 aliphatic carbocycles. The van der Waals surface area contributed by atoms with Crippen molar-refractivity contribution in [3.8, 4) is 11.5 Å². The Hall–Kier alpha value is -2.03. The van der Waals surface area contributed by atoms with Crippen molar-refractivity contribution in [2.45, 2.75) is 59.8 Å². The molecule has 0 unspecified atom stereocenters. The molecule has 2 aromatic carbocycles. The minimum absolute atomic E-state index is 0.284. The van der Waals surface area contributed by atoms with Crippen molar-refractivity contribution in [2.24, 2.45) is 0 Å². The number of carbonyl (C=O) groups excluding carboxylic acids is 1. The third-order valence-electron chi connectivity index (χ3n) is 4.46. The monoisotopic (exact) mass is 328 g/mol. The number of ether oxygens (including phenoxy) is 2. The van der Waals surface area contributed by atoms with Crippen LogP contribution in [0.15, 0.2) is 18.2 Å². The summed E-state index contributed by atoms with van der Waals surface area (Å²) in [6.07, 6.45) is 5.03. The highest BCUT2D eigenvalue weighted by atomic mass is 16.5. The van der Waals surface area contributed by atoms with E-state index in [1.54, 1.807) is 7.11 Å². The summed E-state index contributed by atoms with van der Waals surface area (Å²) in [5.74, 6) is 1.33. The van der Waals surface area contributed by atoms with Crippen LogP contribution in [0.5, 0.6) is 11.5 Å². The summed E-state index contributed by atoms with van der Waals surface area (Å²) >= 11 is 0. The van der Waals surface area contributed by atoms with Crippen LogP contribution in [0.1, 0.15) is 57.2 Å². The van der Waals surface area contributed by atoms with Crippen LogP contribution in [0.2, 0.25) is 0 Å². The van der Waals surface area contributed by atoms with Crippen molar-refractivity contribution in [3.05, 3.63) is 34.9 Å². The number of rotatable bonds is 7. The van der Waals surface area contributed by atoms with Crippen molar-refractivity contribution in [2.75, 3.05) is 7.11 Å². The average Bonchev–Trinajstić information content (AvgIpc) is 2.58. The molecule has 3 nitrogen and oxygen atoms in total. The van der Waals surface area contributed by atoms with Gasteiger partial charge in [0.2, 0.25) is 0 Å². The molecule has 0 saturated carbocycles. The van der Waals surface area contributed by atoms with Crippen molar-refractivity contribution in [1.82, 2.24) is 0 Å². The lowest BCUT2D eigenvalue weighted by molar-refractivity contribution is -0.131. The van der Waals surface area contributed by atoms with E-state index < -0.39 is 0 Å². The lowest BCUT2D eigenvalue weighted by atomic mass is 9.93. The molecule has 0 aliphatic heterocycles. The molecule has 24 heavy (non-hydrogen) atoms. The molecule has 0 radical (unpaired) electrons. The maximum atomic E-state index is 11.6. The summed E-state index contributed by atoms with van der Waals surface area (Å²) in [5.41, 5.74) is 3.50. The van der Waals surface area contributed by atoms with Gasteiger partial charge in [-0.2, -0.15) is 0 Å². The summed E-state index contributed by atoms with van der Waals surface area (Å²) in [4.78, 5) is 11.6. The molecule has 0 atom stereocenters. The predicted octanol–water partition coefficient (Wildman–Crippen LogP) is 5.24. The van der Waals surface area contributed by atoms with Gasteiger partial charge in [0.15, 0.2) is 0 Å². The van der Waals surface area contributed by atoms with E-state index in [4.69, 9.17) is 9.47 Å². The fraction of sp³-hybridized carbons (Fsp3) is 0.476. The fourth-order valence-corrected chi connectivity index (χ4v) is 3.35. The summed E-state index contributed by atoms with van der Waals surface area (Å²) in [6, 6.07) is 6.39. The normalized spacial score (nSPS) is 10.9. The van der Waals surface area contributed by atoms with E-state index >= 15 is 0 Å². The van der Waals surface area contributed by atoms with Gasteiger partial charge in [0.05, 0.1) is 7.11 Å². The van der Waals surface area contributed by atoms with E-state index in [9.17, 15) is 4.79 Å². The first-order valence-corrected chi connectivity index (χ1v) is 8.89. The van der Waals surface area contributed by atoms with Gasteiger partial charge in [-0.1, -0.05) is 39.3 Å². The lowest BCUT2D eigenvalue weighted by Gasteiger charge is -2.20. The Bertz CT molecular complexity index is 732. The highest BCUT2D eigenvalue weighted by Gasteiger charge is 2.20. The number of hydrogen-bond donors (Lipinski definition) is 0. The van der Waals surface area contributed by atoms with Crippen LogP contribution < -0.4 is 9.47 Å². The van der Waals surface area contributed by atoms with Crippen LogP contribution in [0, 0.1) is 0 Å². The molecule has 0 spiro atoms. The minimum atomic E-state index is -0.284. The second-order valence-corrected chi connectivity index (χ2v) is 6.10. The van der Waals surface area contributed by atoms with E-state index in [1.165, 1.54) is 18.9 Å². The zero-order valence-corrected chi connectivity index (χ0v) is 15.5. The predicted molar refractivity (Wildman–Crippen MR) is 99.2 cm³/mol. The molecule has 3 heteroatoms. The van der Waals surface area contributed by atoms with Gasteiger partial charge in [0.1, 0.15) is 11.5 Å². The van der Waals surface area contributed by atoms with Gasteiger partial charge in [-0.05, 0) is 37.3 Å².